The average Bonchev–Trinajstić information content (AvgIpc) is 1.57. The smallest absolute Gasteiger partial charge is 0.194 e. The van der Waals surface area contributed by atoms with Gasteiger partial charge >= 0.3 is 0 Å². The molecule has 1 atom stereocenters. The van der Waals surface area contributed by atoms with Gasteiger partial charge in [0.2, 0.25) is 0 Å². The second-order valence-corrected chi connectivity index (χ2v) is 24.3. The third-order valence-electron chi connectivity index (χ3n) is 19.4. The molecule has 0 fully saturated rings. The summed E-state index contributed by atoms with van der Waals surface area (Å²) in [5, 5.41) is 30.9. The average molecular weight is 1150 g/mol. The molecule has 17 aromatic rings. The first-order valence-electron chi connectivity index (χ1n) is 30.3. The number of nitriles is 2. The minimum Gasteiger partial charge on any atom is -0.456 e. The molecule has 5 heterocycles. The monoisotopic (exact) mass is 1150 g/mol. The van der Waals surface area contributed by atoms with Crippen LogP contribution in [0.1, 0.15) is 34.7 Å². The van der Waals surface area contributed by atoms with Crippen LogP contribution in [0, 0.1) is 22.7 Å². The fraction of sp³-hybridized carbons (Fsp3) is 0.0494. The molecule has 19 rings (SSSR count). The zero-order valence-corrected chi connectivity index (χ0v) is 48.4. The first-order valence-corrected chi connectivity index (χ1v) is 30.3. The molecular formula is C81H47N7O2. The van der Waals surface area contributed by atoms with Crippen LogP contribution < -0.4 is 0 Å². The number of hydrogen-bond acceptors (Lipinski definition) is 7. The van der Waals surface area contributed by atoms with Gasteiger partial charge in [-0.15, -0.1) is 0 Å². The SMILES string of the molecule is CC1(Cc2ccc3oc4cc5c(cc4c3c2)-c2cc3c4ccccc4n(-c4ccccc4)c3cc2C5(C#N)C#N)c2cc3oc4ccccc4c3cc2-c2cc3c4cc(-c5nc(-c6ccccc6)nc(-c6ccccc6)n5)ccc4n(-c4ccccc4)c3cc21. The van der Waals surface area contributed by atoms with Gasteiger partial charge in [0.15, 0.2) is 22.9 Å². The lowest BCUT2D eigenvalue weighted by atomic mass is 9.75. The van der Waals surface area contributed by atoms with Crippen molar-refractivity contribution in [3.63, 3.8) is 0 Å². The zero-order valence-electron chi connectivity index (χ0n) is 48.4. The molecule has 0 saturated carbocycles. The van der Waals surface area contributed by atoms with Gasteiger partial charge in [0, 0.05) is 87.7 Å². The van der Waals surface area contributed by atoms with Crippen molar-refractivity contribution in [3.8, 4) is 79.9 Å². The van der Waals surface area contributed by atoms with Crippen molar-refractivity contribution in [1.29, 1.82) is 10.5 Å². The predicted molar refractivity (Wildman–Crippen MR) is 359 cm³/mol. The summed E-state index contributed by atoms with van der Waals surface area (Å²) in [4.78, 5) is 15.4. The summed E-state index contributed by atoms with van der Waals surface area (Å²) in [5.74, 6) is 1.82. The fourth-order valence-electron chi connectivity index (χ4n) is 15.2. The van der Waals surface area contributed by atoms with E-state index in [0.29, 0.717) is 40.6 Å². The first kappa shape index (κ1) is 50.0. The van der Waals surface area contributed by atoms with E-state index in [2.05, 4.69) is 192 Å². The van der Waals surface area contributed by atoms with Gasteiger partial charge in [-0.1, -0.05) is 146 Å². The highest BCUT2D eigenvalue weighted by atomic mass is 16.3. The summed E-state index contributed by atoms with van der Waals surface area (Å²) in [7, 11) is 0. The Balaban J connectivity index is 0.799. The van der Waals surface area contributed by atoms with Crippen molar-refractivity contribution < 1.29 is 8.83 Å². The van der Waals surface area contributed by atoms with Gasteiger partial charge in [0.1, 0.15) is 22.3 Å². The molecule has 12 aromatic carbocycles. The standard InChI is InChI=1S/C81H47N7O2/c1-80(44-47-30-33-74-62(34-47)64-39-58-57-37-60-53-26-14-16-28-69(53)87(51-22-10-4-11-23-51)72(60)41-67(57)81(45-82,46-83)68(58)43-76(64)90-74)65-40-71-61(36-55(65)56-38-63-54-27-15-17-29-73(54)89-75(63)42-66(56)80)59-35-50(31-32-70(59)88(71)52-24-12-5-13-25-52)79-85-77(48-18-6-2-7-19-48)84-78(86-79)49-20-8-3-9-21-49/h2-43H,44H2,1H3. The number of hydrogen-bond donors (Lipinski definition) is 0. The number of furan rings is 2. The Kier molecular flexibility index (Phi) is 10.2. The number of fused-ring (bicyclic) bond motifs is 18. The lowest BCUT2D eigenvalue weighted by molar-refractivity contribution is 0.581. The highest BCUT2D eigenvalue weighted by molar-refractivity contribution is 6.16. The van der Waals surface area contributed by atoms with Crippen molar-refractivity contribution in [3.05, 3.63) is 283 Å². The van der Waals surface area contributed by atoms with Gasteiger partial charge in [-0.05, 0) is 161 Å². The van der Waals surface area contributed by atoms with Gasteiger partial charge in [-0.3, -0.25) is 0 Å². The van der Waals surface area contributed by atoms with Gasteiger partial charge in [0.05, 0.1) is 34.2 Å². The minimum atomic E-state index is -1.56. The van der Waals surface area contributed by atoms with Gasteiger partial charge < -0.3 is 18.0 Å². The third kappa shape index (κ3) is 6.97. The number of aromatic nitrogens is 5. The quantitative estimate of drug-likeness (QED) is 0.156. The summed E-state index contributed by atoms with van der Waals surface area (Å²) < 4.78 is 18.1. The maximum Gasteiger partial charge on any atom is 0.194 e. The highest BCUT2D eigenvalue weighted by Crippen LogP contribution is 2.56. The van der Waals surface area contributed by atoms with Crippen LogP contribution in [0.15, 0.2) is 264 Å². The van der Waals surface area contributed by atoms with E-state index in [1.165, 1.54) is 22.3 Å². The second kappa shape index (κ2) is 18.4. The molecule has 0 spiro atoms. The molecule has 0 amide bonds. The summed E-state index contributed by atoms with van der Waals surface area (Å²) in [6, 6.07) is 94.0. The molecule has 0 saturated heterocycles. The van der Waals surface area contributed by atoms with Crippen LogP contribution in [0.5, 0.6) is 0 Å². The molecule has 0 N–H and O–H groups in total. The Morgan fingerprint density at radius 2 is 0.778 bits per heavy atom. The fourth-order valence-corrected chi connectivity index (χ4v) is 15.2. The Hall–Kier alpha value is -12.2. The lowest BCUT2D eigenvalue weighted by Gasteiger charge is -2.28. The van der Waals surface area contributed by atoms with E-state index in [-0.39, 0.29) is 0 Å². The van der Waals surface area contributed by atoms with Crippen molar-refractivity contribution in [2.24, 2.45) is 0 Å². The maximum absolute atomic E-state index is 11.2. The maximum atomic E-state index is 11.2. The van der Waals surface area contributed by atoms with E-state index in [9.17, 15) is 10.5 Å². The van der Waals surface area contributed by atoms with Crippen LogP contribution in [0.2, 0.25) is 0 Å². The van der Waals surface area contributed by atoms with Crippen LogP contribution in [0.25, 0.3) is 155 Å². The highest BCUT2D eigenvalue weighted by Gasteiger charge is 2.46. The van der Waals surface area contributed by atoms with Crippen LogP contribution in [0.4, 0.5) is 0 Å². The molecule has 5 aromatic heterocycles. The number of benzene rings is 12. The third-order valence-corrected chi connectivity index (χ3v) is 19.4. The largest absolute Gasteiger partial charge is 0.456 e. The van der Waals surface area contributed by atoms with Gasteiger partial charge in [-0.25, -0.2) is 15.0 Å². The number of para-hydroxylation sites is 4. The first-order chi connectivity index (χ1) is 44.3. The lowest BCUT2D eigenvalue weighted by Crippen LogP contribution is -2.24. The van der Waals surface area contributed by atoms with Gasteiger partial charge in [-0.2, -0.15) is 10.5 Å². The van der Waals surface area contributed by atoms with E-state index < -0.39 is 10.8 Å². The second-order valence-electron chi connectivity index (χ2n) is 24.3. The molecule has 9 heteroatoms. The summed E-state index contributed by atoms with van der Waals surface area (Å²) >= 11 is 0. The van der Waals surface area contributed by atoms with Gasteiger partial charge in [0.25, 0.3) is 0 Å². The zero-order chi connectivity index (χ0) is 59.6. The predicted octanol–water partition coefficient (Wildman–Crippen LogP) is 19.7. The van der Waals surface area contributed by atoms with Crippen molar-refractivity contribution in [2.45, 2.75) is 24.2 Å². The molecule has 418 valence electrons. The number of nitrogens with zero attached hydrogens (tertiary/aromatic N) is 7. The van der Waals surface area contributed by atoms with Crippen LogP contribution >= 0.6 is 0 Å². The van der Waals surface area contributed by atoms with Crippen LogP contribution in [-0.2, 0) is 17.3 Å². The van der Waals surface area contributed by atoms with E-state index in [1.54, 1.807) is 0 Å². The number of rotatable bonds is 7. The Morgan fingerprint density at radius 3 is 1.40 bits per heavy atom. The molecule has 9 nitrogen and oxygen atoms in total. The Morgan fingerprint density at radius 1 is 0.344 bits per heavy atom. The van der Waals surface area contributed by atoms with Crippen LogP contribution in [0.3, 0.4) is 0 Å². The van der Waals surface area contributed by atoms with E-state index in [4.69, 9.17) is 23.8 Å². The normalized spacial score (nSPS) is 14.7. The molecule has 1 unspecified atom stereocenters. The minimum absolute atomic E-state index is 0.557. The summed E-state index contributed by atoms with van der Waals surface area (Å²) in [5.41, 5.74) is 18.8. The molecule has 0 radical (unpaired) electrons. The molecule has 0 bridgehead atoms. The van der Waals surface area contributed by atoms with Crippen molar-refractivity contribution >= 4 is 87.5 Å². The Bertz CT molecular complexity index is 5970. The van der Waals surface area contributed by atoms with E-state index >= 15 is 0 Å². The molecule has 2 aliphatic rings. The molecule has 0 aliphatic heterocycles. The van der Waals surface area contributed by atoms with E-state index in [0.717, 1.165) is 127 Å². The van der Waals surface area contributed by atoms with E-state index in [1.807, 2.05) is 91.0 Å². The van der Waals surface area contributed by atoms with Crippen molar-refractivity contribution in [1.82, 2.24) is 24.1 Å². The summed E-state index contributed by atoms with van der Waals surface area (Å²) in [6.45, 7) is 2.39. The topological polar surface area (TPSA) is 122 Å². The summed E-state index contributed by atoms with van der Waals surface area (Å²) in [6.07, 6.45) is 0.651. The molecular weight excluding hydrogens is 1100 g/mol. The van der Waals surface area contributed by atoms with Crippen molar-refractivity contribution in [2.75, 3.05) is 0 Å². The molecule has 90 heavy (non-hydrogen) atoms. The van der Waals surface area contributed by atoms with Crippen LogP contribution in [-0.4, -0.2) is 24.1 Å². The Labute approximate surface area is 514 Å². The molecule has 2 aliphatic carbocycles.